The Bertz CT molecular complexity index is 659. The normalized spacial score (nSPS) is 10.3. The van der Waals surface area contributed by atoms with Crippen molar-refractivity contribution < 1.29 is 23.4 Å². The highest BCUT2D eigenvalue weighted by Gasteiger charge is 2.15. The molecule has 2 aromatic rings. The first-order valence-electron chi connectivity index (χ1n) is 5.58. The molecule has 2 rings (SSSR count). The average molecular weight is 299 g/mol. The molecule has 6 heteroatoms. The lowest BCUT2D eigenvalue weighted by atomic mass is 10.1. The number of carboxylic acids is 1. The van der Waals surface area contributed by atoms with Gasteiger partial charge in [-0.15, -0.1) is 0 Å². The number of ether oxygens (including phenoxy) is 1. The molecule has 0 radical (unpaired) electrons. The SMILES string of the molecule is O=C(O)c1cccc(COc2cccc(Cl)c2F)c1F. The summed E-state index contributed by atoms with van der Waals surface area (Å²) in [4.78, 5) is 10.8. The summed E-state index contributed by atoms with van der Waals surface area (Å²) in [5, 5.41) is 8.69. The van der Waals surface area contributed by atoms with Crippen molar-refractivity contribution in [2.24, 2.45) is 0 Å². The molecular weight excluding hydrogens is 290 g/mol. The number of carbonyl (C=O) groups is 1. The lowest BCUT2D eigenvalue weighted by molar-refractivity contribution is 0.0691. The van der Waals surface area contributed by atoms with E-state index >= 15 is 0 Å². The number of benzene rings is 2. The summed E-state index contributed by atoms with van der Waals surface area (Å²) < 4.78 is 32.5. The van der Waals surface area contributed by atoms with Crippen LogP contribution in [-0.4, -0.2) is 11.1 Å². The van der Waals surface area contributed by atoms with Crippen LogP contribution in [0.2, 0.25) is 5.02 Å². The molecule has 0 heterocycles. The summed E-state index contributed by atoms with van der Waals surface area (Å²) in [6, 6.07) is 8.09. The zero-order valence-electron chi connectivity index (χ0n) is 10.1. The average Bonchev–Trinajstić information content (AvgIpc) is 2.41. The van der Waals surface area contributed by atoms with Crippen molar-refractivity contribution in [3.63, 3.8) is 0 Å². The van der Waals surface area contributed by atoms with Crippen molar-refractivity contribution >= 4 is 17.6 Å². The predicted octanol–water partition coefficient (Wildman–Crippen LogP) is 3.90. The Morgan fingerprint density at radius 2 is 1.85 bits per heavy atom. The van der Waals surface area contributed by atoms with E-state index in [9.17, 15) is 13.6 Å². The summed E-state index contributed by atoms with van der Waals surface area (Å²) in [5.74, 6) is -3.15. The minimum absolute atomic E-state index is 0.0178. The third-order valence-electron chi connectivity index (χ3n) is 2.61. The molecule has 0 aliphatic carbocycles. The monoisotopic (exact) mass is 298 g/mol. The number of carboxylic acid groups (broad SMARTS) is 1. The second-order valence-electron chi connectivity index (χ2n) is 3.92. The zero-order valence-corrected chi connectivity index (χ0v) is 10.8. The van der Waals surface area contributed by atoms with Gasteiger partial charge in [-0.25, -0.2) is 13.6 Å². The Balaban J connectivity index is 2.21. The number of aromatic carboxylic acids is 1. The van der Waals surface area contributed by atoms with Gasteiger partial charge in [-0.2, -0.15) is 0 Å². The van der Waals surface area contributed by atoms with Gasteiger partial charge < -0.3 is 9.84 Å². The molecule has 1 N–H and O–H groups in total. The van der Waals surface area contributed by atoms with E-state index in [2.05, 4.69) is 0 Å². The molecule has 0 aromatic heterocycles. The molecule has 2 aromatic carbocycles. The van der Waals surface area contributed by atoms with Crippen molar-refractivity contribution in [1.29, 1.82) is 0 Å². The van der Waals surface area contributed by atoms with Gasteiger partial charge in [0.15, 0.2) is 11.6 Å². The van der Waals surface area contributed by atoms with Gasteiger partial charge in [-0.05, 0) is 18.2 Å². The van der Waals surface area contributed by atoms with Gasteiger partial charge in [0.2, 0.25) is 0 Å². The summed E-state index contributed by atoms with van der Waals surface area (Å²) in [7, 11) is 0. The maximum absolute atomic E-state index is 13.8. The maximum Gasteiger partial charge on any atom is 0.338 e. The molecule has 0 aliphatic rings. The van der Waals surface area contributed by atoms with E-state index in [0.29, 0.717) is 0 Å². The molecule has 0 aliphatic heterocycles. The third-order valence-corrected chi connectivity index (χ3v) is 2.90. The predicted molar refractivity (Wildman–Crippen MR) is 69.1 cm³/mol. The molecular formula is C14H9ClF2O3. The highest BCUT2D eigenvalue weighted by atomic mass is 35.5. The van der Waals surface area contributed by atoms with E-state index in [-0.39, 0.29) is 22.9 Å². The molecule has 0 spiro atoms. The molecule has 0 saturated heterocycles. The van der Waals surface area contributed by atoms with Crippen molar-refractivity contribution in [2.75, 3.05) is 0 Å². The van der Waals surface area contributed by atoms with Crippen molar-refractivity contribution in [3.05, 3.63) is 64.2 Å². The van der Waals surface area contributed by atoms with Gasteiger partial charge in [-0.3, -0.25) is 0 Å². The minimum atomic E-state index is -1.38. The molecule has 0 unspecified atom stereocenters. The van der Waals surface area contributed by atoms with E-state index in [1.807, 2.05) is 0 Å². The zero-order chi connectivity index (χ0) is 14.7. The van der Waals surface area contributed by atoms with Crippen LogP contribution in [0.25, 0.3) is 0 Å². The summed E-state index contributed by atoms with van der Waals surface area (Å²) in [6.07, 6.45) is 0. The molecule has 0 fully saturated rings. The summed E-state index contributed by atoms with van der Waals surface area (Å²) >= 11 is 5.59. The Hall–Kier alpha value is -2.14. The van der Waals surface area contributed by atoms with E-state index in [1.165, 1.54) is 30.3 Å². The minimum Gasteiger partial charge on any atom is -0.486 e. The van der Waals surface area contributed by atoms with Crippen LogP contribution >= 0.6 is 11.6 Å². The van der Waals surface area contributed by atoms with E-state index in [4.69, 9.17) is 21.4 Å². The van der Waals surface area contributed by atoms with Crippen LogP contribution in [0.1, 0.15) is 15.9 Å². The van der Waals surface area contributed by atoms with Crippen LogP contribution in [0.5, 0.6) is 5.75 Å². The number of halogens is 3. The molecule has 0 bridgehead atoms. The molecule has 0 saturated carbocycles. The Morgan fingerprint density at radius 3 is 2.55 bits per heavy atom. The van der Waals surface area contributed by atoms with Crippen LogP contribution < -0.4 is 4.74 Å². The first-order valence-corrected chi connectivity index (χ1v) is 5.96. The lowest BCUT2D eigenvalue weighted by Gasteiger charge is -2.09. The topological polar surface area (TPSA) is 46.5 Å². The third kappa shape index (κ3) is 2.88. The first kappa shape index (κ1) is 14.3. The van der Waals surface area contributed by atoms with Gasteiger partial charge in [0, 0.05) is 5.56 Å². The summed E-state index contributed by atoms with van der Waals surface area (Å²) in [5.41, 5.74) is -0.443. The molecule has 0 amide bonds. The standard InChI is InChI=1S/C14H9ClF2O3/c15-10-5-2-6-11(13(10)17)20-7-8-3-1-4-9(12(8)16)14(18)19/h1-6H,7H2,(H,18,19). The quantitative estimate of drug-likeness (QED) is 0.931. The molecule has 3 nitrogen and oxygen atoms in total. The number of hydrogen-bond donors (Lipinski definition) is 1. The van der Waals surface area contributed by atoms with Gasteiger partial charge in [0.05, 0.1) is 10.6 Å². The van der Waals surface area contributed by atoms with Crippen LogP contribution in [0.3, 0.4) is 0 Å². The fraction of sp³-hybridized carbons (Fsp3) is 0.0714. The second kappa shape index (κ2) is 5.88. The number of rotatable bonds is 4. The first-order chi connectivity index (χ1) is 9.50. The van der Waals surface area contributed by atoms with Crippen molar-refractivity contribution in [3.8, 4) is 5.75 Å². The Kier molecular flexibility index (Phi) is 4.20. The van der Waals surface area contributed by atoms with Gasteiger partial charge in [-0.1, -0.05) is 29.8 Å². The fourth-order valence-corrected chi connectivity index (χ4v) is 1.77. The number of hydrogen-bond acceptors (Lipinski definition) is 2. The van der Waals surface area contributed by atoms with Gasteiger partial charge >= 0.3 is 5.97 Å². The molecule has 104 valence electrons. The van der Waals surface area contributed by atoms with Crippen molar-refractivity contribution in [2.45, 2.75) is 6.61 Å². The van der Waals surface area contributed by atoms with E-state index in [1.54, 1.807) is 0 Å². The summed E-state index contributed by atoms with van der Waals surface area (Å²) in [6.45, 7) is -0.301. The highest BCUT2D eigenvalue weighted by molar-refractivity contribution is 6.30. The Morgan fingerprint density at radius 1 is 1.15 bits per heavy atom. The van der Waals surface area contributed by atoms with Crippen LogP contribution in [0.4, 0.5) is 8.78 Å². The van der Waals surface area contributed by atoms with Crippen molar-refractivity contribution in [1.82, 2.24) is 0 Å². The maximum atomic E-state index is 13.8. The van der Waals surface area contributed by atoms with E-state index < -0.39 is 23.2 Å². The largest absolute Gasteiger partial charge is 0.486 e. The van der Waals surface area contributed by atoms with E-state index in [0.717, 1.165) is 6.07 Å². The molecule has 0 atom stereocenters. The van der Waals surface area contributed by atoms with Crippen LogP contribution in [-0.2, 0) is 6.61 Å². The lowest BCUT2D eigenvalue weighted by Crippen LogP contribution is -2.06. The van der Waals surface area contributed by atoms with Crippen LogP contribution in [0.15, 0.2) is 36.4 Å². The van der Waals surface area contributed by atoms with Gasteiger partial charge in [0.25, 0.3) is 0 Å². The Labute approximate surface area is 118 Å². The fourth-order valence-electron chi connectivity index (χ4n) is 1.61. The second-order valence-corrected chi connectivity index (χ2v) is 4.33. The van der Waals surface area contributed by atoms with Crippen LogP contribution in [0, 0.1) is 11.6 Å². The highest BCUT2D eigenvalue weighted by Crippen LogP contribution is 2.25. The smallest absolute Gasteiger partial charge is 0.338 e. The molecule has 20 heavy (non-hydrogen) atoms. The van der Waals surface area contributed by atoms with Gasteiger partial charge in [0.1, 0.15) is 12.4 Å².